The highest BCUT2D eigenvalue weighted by Gasteiger charge is 2.25. The third kappa shape index (κ3) is 6.97. The second kappa shape index (κ2) is 10.8. The molecule has 0 fully saturated rings. The molecular formula is C26H33N5O4. The standard InChI is InChI=1S/C26H33N5O4/c1-16(32)12-13-27-17(2)24(34)28-19-8-6-18(7-9-19)25(35)29-20-10-11-22-30-21(15-31(22)14-20)23(33)26(3,4)5/h6-11,14-17,27,32H,12-13H2,1-5H3,(H,28,34)(H,29,35). The number of hydrogen-bond donors (Lipinski definition) is 4. The highest BCUT2D eigenvalue weighted by atomic mass is 16.3. The zero-order chi connectivity index (χ0) is 25.8. The summed E-state index contributed by atoms with van der Waals surface area (Å²) in [4.78, 5) is 41.9. The Hall–Kier alpha value is -3.56. The summed E-state index contributed by atoms with van der Waals surface area (Å²) in [5.74, 6) is -0.559. The third-order valence-corrected chi connectivity index (χ3v) is 5.44. The molecule has 186 valence electrons. The van der Waals surface area contributed by atoms with Gasteiger partial charge in [0.1, 0.15) is 11.3 Å². The third-order valence-electron chi connectivity index (χ3n) is 5.44. The molecule has 0 spiro atoms. The van der Waals surface area contributed by atoms with E-state index >= 15 is 0 Å². The monoisotopic (exact) mass is 479 g/mol. The molecule has 35 heavy (non-hydrogen) atoms. The lowest BCUT2D eigenvalue weighted by Gasteiger charge is -2.15. The molecule has 0 radical (unpaired) electrons. The van der Waals surface area contributed by atoms with Crippen LogP contribution in [0.5, 0.6) is 0 Å². The average molecular weight is 480 g/mol. The Kier molecular flexibility index (Phi) is 8.03. The quantitative estimate of drug-likeness (QED) is 0.348. The number of rotatable bonds is 9. The van der Waals surface area contributed by atoms with Gasteiger partial charge in [0.25, 0.3) is 5.91 Å². The van der Waals surface area contributed by atoms with Gasteiger partial charge < -0.3 is 25.5 Å². The van der Waals surface area contributed by atoms with Crippen LogP contribution in [0.1, 0.15) is 61.9 Å². The number of anilines is 2. The van der Waals surface area contributed by atoms with Crippen molar-refractivity contribution in [1.29, 1.82) is 0 Å². The topological polar surface area (TPSA) is 125 Å². The van der Waals surface area contributed by atoms with Crippen LogP contribution in [0.2, 0.25) is 0 Å². The summed E-state index contributed by atoms with van der Waals surface area (Å²) in [6.07, 6.45) is 3.51. The number of carbonyl (C=O) groups excluding carboxylic acids is 3. The maximum absolute atomic E-state index is 12.7. The molecule has 4 N–H and O–H groups in total. The largest absolute Gasteiger partial charge is 0.393 e. The van der Waals surface area contributed by atoms with Gasteiger partial charge >= 0.3 is 0 Å². The second-order valence-corrected chi connectivity index (χ2v) is 9.72. The number of nitrogens with one attached hydrogen (secondary N) is 3. The first-order valence-electron chi connectivity index (χ1n) is 11.6. The van der Waals surface area contributed by atoms with E-state index in [1.165, 1.54) is 0 Å². The first-order chi connectivity index (χ1) is 16.4. The van der Waals surface area contributed by atoms with Crippen LogP contribution in [0.3, 0.4) is 0 Å². The number of nitrogens with zero attached hydrogens (tertiary/aromatic N) is 2. The Morgan fingerprint density at radius 1 is 0.971 bits per heavy atom. The van der Waals surface area contributed by atoms with Gasteiger partial charge in [-0.3, -0.25) is 14.4 Å². The Bertz CT molecular complexity index is 1210. The molecule has 9 heteroatoms. The molecule has 2 aromatic heterocycles. The van der Waals surface area contributed by atoms with E-state index in [4.69, 9.17) is 0 Å². The van der Waals surface area contributed by atoms with Crippen molar-refractivity contribution in [3.63, 3.8) is 0 Å². The Morgan fingerprint density at radius 2 is 1.63 bits per heavy atom. The number of fused-ring (bicyclic) bond motifs is 1. The molecule has 3 aromatic rings. The van der Waals surface area contributed by atoms with Crippen LogP contribution in [-0.2, 0) is 4.79 Å². The number of hydrogen-bond acceptors (Lipinski definition) is 6. The van der Waals surface area contributed by atoms with Crippen molar-refractivity contribution < 1.29 is 19.5 Å². The van der Waals surface area contributed by atoms with Gasteiger partial charge in [-0.05, 0) is 63.2 Å². The van der Waals surface area contributed by atoms with Gasteiger partial charge in [-0.25, -0.2) is 4.98 Å². The Morgan fingerprint density at radius 3 is 2.26 bits per heavy atom. The lowest BCUT2D eigenvalue weighted by molar-refractivity contribution is -0.117. The van der Waals surface area contributed by atoms with Crippen LogP contribution in [0.4, 0.5) is 11.4 Å². The molecule has 0 aliphatic carbocycles. The van der Waals surface area contributed by atoms with Crippen LogP contribution in [0.25, 0.3) is 5.65 Å². The molecule has 2 heterocycles. The summed E-state index contributed by atoms with van der Waals surface area (Å²) in [7, 11) is 0. The summed E-state index contributed by atoms with van der Waals surface area (Å²) in [5.41, 5.74) is 2.03. The van der Waals surface area contributed by atoms with Gasteiger partial charge in [-0.2, -0.15) is 0 Å². The van der Waals surface area contributed by atoms with Crippen LogP contribution in [0.15, 0.2) is 48.8 Å². The molecule has 2 atom stereocenters. The lowest BCUT2D eigenvalue weighted by Crippen LogP contribution is -2.39. The number of aromatic nitrogens is 2. The zero-order valence-corrected chi connectivity index (χ0v) is 20.8. The highest BCUT2D eigenvalue weighted by molar-refractivity contribution is 6.05. The van der Waals surface area contributed by atoms with E-state index in [2.05, 4.69) is 20.9 Å². The summed E-state index contributed by atoms with van der Waals surface area (Å²) in [5, 5.41) is 18.0. The van der Waals surface area contributed by atoms with Crippen LogP contribution >= 0.6 is 0 Å². The molecule has 2 unspecified atom stereocenters. The first-order valence-corrected chi connectivity index (χ1v) is 11.6. The van der Waals surface area contributed by atoms with Crippen molar-refractivity contribution in [2.75, 3.05) is 17.2 Å². The minimum atomic E-state index is -0.534. The number of aliphatic hydroxyl groups is 1. The van der Waals surface area contributed by atoms with Crippen molar-refractivity contribution in [2.24, 2.45) is 5.41 Å². The van der Waals surface area contributed by atoms with Crippen LogP contribution < -0.4 is 16.0 Å². The number of carbonyl (C=O) groups is 3. The number of benzene rings is 1. The molecule has 0 bridgehead atoms. The van der Waals surface area contributed by atoms with E-state index in [0.717, 1.165) is 0 Å². The van der Waals surface area contributed by atoms with Gasteiger partial charge in [-0.15, -0.1) is 0 Å². The lowest BCUT2D eigenvalue weighted by atomic mass is 9.89. The number of aliphatic hydroxyl groups excluding tert-OH is 1. The van der Waals surface area contributed by atoms with Gasteiger partial charge in [0.2, 0.25) is 5.91 Å². The molecule has 2 amide bonds. The maximum atomic E-state index is 12.7. The van der Waals surface area contributed by atoms with Crippen molar-refractivity contribution in [3.8, 4) is 0 Å². The number of Topliss-reactive ketones (excluding diaryl/α,β-unsaturated/α-hetero) is 1. The first kappa shape index (κ1) is 26.1. The van der Waals surface area contributed by atoms with Crippen molar-refractivity contribution in [1.82, 2.24) is 14.7 Å². The second-order valence-electron chi connectivity index (χ2n) is 9.72. The van der Waals surface area contributed by atoms with Gasteiger partial charge in [0.05, 0.1) is 17.8 Å². The molecule has 9 nitrogen and oxygen atoms in total. The molecule has 0 saturated carbocycles. The van der Waals surface area contributed by atoms with E-state index in [1.807, 2.05) is 20.8 Å². The molecule has 0 saturated heterocycles. The summed E-state index contributed by atoms with van der Waals surface area (Å²) in [6, 6.07) is 9.64. The predicted octanol–water partition coefficient (Wildman–Crippen LogP) is 3.50. The van der Waals surface area contributed by atoms with Crippen molar-refractivity contribution >= 4 is 34.6 Å². The zero-order valence-electron chi connectivity index (χ0n) is 20.8. The number of pyridine rings is 1. The minimum absolute atomic E-state index is 0.0519. The summed E-state index contributed by atoms with van der Waals surface area (Å²) >= 11 is 0. The fourth-order valence-electron chi connectivity index (χ4n) is 3.32. The Balaban J connectivity index is 1.61. The van der Waals surface area contributed by atoms with E-state index in [0.29, 0.717) is 41.2 Å². The summed E-state index contributed by atoms with van der Waals surface area (Å²) in [6.45, 7) is 9.52. The fraction of sp³-hybridized carbons (Fsp3) is 0.385. The average Bonchev–Trinajstić information content (AvgIpc) is 3.21. The fourth-order valence-corrected chi connectivity index (χ4v) is 3.32. The molecule has 3 rings (SSSR count). The normalized spacial score (nSPS) is 13.3. The van der Waals surface area contributed by atoms with E-state index < -0.39 is 17.6 Å². The van der Waals surface area contributed by atoms with Gasteiger partial charge in [-0.1, -0.05) is 20.8 Å². The number of ketones is 1. The number of imidazole rings is 1. The summed E-state index contributed by atoms with van der Waals surface area (Å²) < 4.78 is 1.71. The van der Waals surface area contributed by atoms with Crippen molar-refractivity contribution in [3.05, 3.63) is 60.0 Å². The number of amides is 2. The molecular weight excluding hydrogens is 446 g/mol. The highest BCUT2D eigenvalue weighted by Crippen LogP contribution is 2.21. The predicted molar refractivity (Wildman–Crippen MR) is 136 cm³/mol. The van der Waals surface area contributed by atoms with E-state index in [9.17, 15) is 19.5 Å². The van der Waals surface area contributed by atoms with Crippen LogP contribution in [-0.4, -0.2) is 50.8 Å². The van der Waals surface area contributed by atoms with Gasteiger partial charge in [0, 0.05) is 29.1 Å². The van der Waals surface area contributed by atoms with Crippen molar-refractivity contribution in [2.45, 2.75) is 53.2 Å². The van der Waals surface area contributed by atoms with E-state index in [1.54, 1.807) is 67.0 Å². The molecule has 0 aliphatic rings. The maximum Gasteiger partial charge on any atom is 0.255 e. The Labute approximate surface area is 204 Å². The minimum Gasteiger partial charge on any atom is -0.393 e. The molecule has 0 aliphatic heterocycles. The smallest absolute Gasteiger partial charge is 0.255 e. The van der Waals surface area contributed by atoms with Gasteiger partial charge in [0.15, 0.2) is 5.78 Å². The van der Waals surface area contributed by atoms with E-state index in [-0.39, 0.29) is 17.6 Å². The SMILES string of the molecule is CC(O)CCNC(C)C(=O)Nc1ccc(C(=O)Nc2ccc3nc(C(=O)C(C)(C)C)cn3c2)cc1. The van der Waals surface area contributed by atoms with Crippen LogP contribution in [0, 0.1) is 5.41 Å². The molecule has 1 aromatic carbocycles.